The number of rotatable bonds is 0. The molecule has 4 aromatic rings. The van der Waals surface area contributed by atoms with Crippen molar-refractivity contribution in [3.05, 3.63) is 117 Å². The molecular formula is C32H24O10Ti-4. The Morgan fingerprint density at radius 1 is 0.488 bits per heavy atom. The van der Waals surface area contributed by atoms with E-state index in [1.165, 1.54) is 24.3 Å². The van der Waals surface area contributed by atoms with Gasteiger partial charge in [-0.2, -0.15) is 0 Å². The largest absolute Gasteiger partial charge is 0.872 e. The zero-order valence-corrected chi connectivity index (χ0v) is 24.6. The number of benzene rings is 4. The molecule has 0 radical (unpaired) electrons. The molecule has 2 N–H and O–H groups in total. The van der Waals surface area contributed by atoms with Crippen LogP contribution in [0.1, 0.15) is 77.5 Å². The fourth-order valence-electron chi connectivity index (χ4n) is 4.35. The van der Waals surface area contributed by atoms with Crippen LogP contribution >= 0.6 is 0 Å². The van der Waals surface area contributed by atoms with Crippen LogP contribution in [0.3, 0.4) is 0 Å². The molecular weight excluding hydrogens is 592 g/mol. The average Bonchev–Trinajstić information content (AvgIpc) is 2.98. The number of ketones is 4. The van der Waals surface area contributed by atoms with Crippen LogP contribution < -0.4 is 20.4 Å². The first-order valence-corrected chi connectivity index (χ1v) is 12.6. The molecule has 220 valence electrons. The summed E-state index contributed by atoms with van der Waals surface area (Å²) in [7, 11) is 0. The minimum Gasteiger partial charge on any atom is -0.872 e. The van der Waals surface area contributed by atoms with Crippen molar-refractivity contribution in [2.75, 3.05) is 13.2 Å². The van der Waals surface area contributed by atoms with Gasteiger partial charge in [-0.1, -0.05) is 86.0 Å². The third-order valence-corrected chi connectivity index (χ3v) is 6.03. The molecule has 10 nitrogen and oxygen atoms in total. The van der Waals surface area contributed by atoms with E-state index in [1.54, 1.807) is 38.1 Å². The first kappa shape index (κ1) is 34.6. The van der Waals surface area contributed by atoms with Crippen molar-refractivity contribution in [1.29, 1.82) is 0 Å². The third-order valence-electron chi connectivity index (χ3n) is 6.03. The van der Waals surface area contributed by atoms with Gasteiger partial charge in [-0.3, -0.25) is 19.2 Å². The van der Waals surface area contributed by atoms with Crippen LogP contribution in [0.2, 0.25) is 0 Å². The Labute approximate surface area is 261 Å². The zero-order chi connectivity index (χ0) is 31.1. The molecule has 2 aliphatic rings. The average molecular weight is 616 g/mol. The van der Waals surface area contributed by atoms with Crippen LogP contribution in [0.25, 0.3) is 0 Å². The first-order chi connectivity index (χ1) is 20.0. The van der Waals surface area contributed by atoms with Gasteiger partial charge in [0.2, 0.25) is 0 Å². The smallest absolute Gasteiger partial charge is 0.198 e. The predicted molar refractivity (Wildman–Crippen MR) is 143 cm³/mol. The summed E-state index contributed by atoms with van der Waals surface area (Å²) in [4.78, 5) is 48.7. The van der Waals surface area contributed by atoms with Crippen molar-refractivity contribution < 1.29 is 71.5 Å². The molecule has 43 heavy (non-hydrogen) atoms. The van der Waals surface area contributed by atoms with E-state index in [9.17, 15) is 39.6 Å². The normalized spacial score (nSPS) is 11.8. The second-order valence-electron chi connectivity index (χ2n) is 8.65. The van der Waals surface area contributed by atoms with Gasteiger partial charge < -0.3 is 30.6 Å². The standard InChI is InChI=1S/2C14H8O4.2C2H5O.Ti/c2*15-9-5-6-10(16)12-11(9)13(17)7-3-1-2-4-8(7)14(12)18;2*1-2-3;/h2*1-6,15-16H;2*2H2,1H3;/q;;2*-1;/p-2. The van der Waals surface area contributed by atoms with Gasteiger partial charge in [-0.15, -0.1) is 13.2 Å². The van der Waals surface area contributed by atoms with E-state index < -0.39 is 34.6 Å². The number of hydrogen-bond acceptors (Lipinski definition) is 10. The van der Waals surface area contributed by atoms with Crippen molar-refractivity contribution in [3.63, 3.8) is 0 Å². The number of aromatic hydroxyl groups is 2. The van der Waals surface area contributed by atoms with Crippen LogP contribution in [-0.4, -0.2) is 46.6 Å². The van der Waals surface area contributed by atoms with E-state index in [0.717, 1.165) is 24.3 Å². The molecule has 0 heterocycles. The Kier molecular flexibility index (Phi) is 12.1. The molecule has 2 aliphatic carbocycles. The fraction of sp³-hybridized carbons (Fsp3) is 0.125. The summed E-state index contributed by atoms with van der Waals surface area (Å²) >= 11 is 0. The molecule has 0 aromatic heterocycles. The summed E-state index contributed by atoms with van der Waals surface area (Å²) in [5, 5.41) is 60.6. The Hall–Kier alpha value is -4.61. The van der Waals surface area contributed by atoms with E-state index in [1.807, 2.05) is 0 Å². The van der Waals surface area contributed by atoms with Gasteiger partial charge in [0.15, 0.2) is 23.1 Å². The second-order valence-corrected chi connectivity index (χ2v) is 8.65. The molecule has 0 bridgehead atoms. The number of carbonyl (C=O) groups is 4. The minimum absolute atomic E-state index is 0. The van der Waals surface area contributed by atoms with Crippen LogP contribution in [0.4, 0.5) is 0 Å². The van der Waals surface area contributed by atoms with E-state index in [2.05, 4.69) is 0 Å². The Morgan fingerprint density at radius 3 is 0.977 bits per heavy atom. The Bertz CT molecular complexity index is 1450. The van der Waals surface area contributed by atoms with Crippen LogP contribution in [-0.2, 0) is 21.7 Å². The zero-order valence-electron chi connectivity index (χ0n) is 23.0. The van der Waals surface area contributed by atoms with Gasteiger partial charge in [0.1, 0.15) is 11.5 Å². The number of phenolic OH excluding ortho intramolecular Hbond substituents is 2. The molecule has 0 fully saturated rings. The van der Waals surface area contributed by atoms with Crippen molar-refractivity contribution in [1.82, 2.24) is 0 Å². The quantitative estimate of drug-likeness (QED) is 0.234. The molecule has 0 spiro atoms. The molecule has 0 saturated heterocycles. The molecule has 0 saturated carbocycles. The van der Waals surface area contributed by atoms with Crippen molar-refractivity contribution >= 4 is 23.1 Å². The van der Waals surface area contributed by atoms with Gasteiger partial charge >= 0.3 is 0 Å². The van der Waals surface area contributed by atoms with Crippen LogP contribution in [0.15, 0.2) is 72.8 Å². The maximum atomic E-state index is 12.2. The number of fused-ring (bicyclic) bond motifs is 4. The van der Waals surface area contributed by atoms with Crippen LogP contribution in [0, 0.1) is 0 Å². The molecule has 6 rings (SSSR count). The Balaban J connectivity index is 0.000000249. The van der Waals surface area contributed by atoms with Gasteiger partial charge in [0.25, 0.3) is 0 Å². The fourth-order valence-corrected chi connectivity index (χ4v) is 4.35. The van der Waals surface area contributed by atoms with E-state index in [-0.39, 0.29) is 90.9 Å². The summed E-state index contributed by atoms with van der Waals surface area (Å²) < 4.78 is 0. The topological polar surface area (TPSA) is 201 Å². The van der Waals surface area contributed by atoms with Gasteiger partial charge in [0, 0.05) is 55.1 Å². The molecule has 0 unspecified atom stereocenters. The van der Waals surface area contributed by atoms with Crippen molar-refractivity contribution in [2.45, 2.75) is 13.8 Å². The summed E-state index contributed by atoms with van der Waals surface area (Å²) in [6.07, 6.45) is 0. The summed E-state index contributed by atoms with van der Waals surface area (Å²) in [6.45, 7) is 3.14. The van der Waals surface area contributed by atoms with Gasteiger partial charge in [-0.25, -0.2) is 0 Å². The summed E-state index contributed by atoms with van der Waals surface area (Å²) in [5.41, 5.74) is -0.00278. The van der Waals surface area contributed by atoms with Gasteiger partial charge in [0.05, 0.1) is 11.1 Å². The van der Waals surface area contributed by atoms with Crippen LogP contribution in [0.5, 0.6) is 23.0 Å². The van der Waals surface area contributed by atoms with E-state index in [4.69, 9.17) is 10.2 Å². The second kappa shape index (κ2) is 15.0. The first-order valence-electron chi connectivity index (χ1n) is 12.6. The van der Waals surface area contributed by atoms with Crippen molar-refractivity contribution in [3.8, 4) is 23.0 Å². The maximum absolute atomic E-state index is 12.2. The molecule has 0 aliphatic heterocycles. The number of hydrogen-bond donors (Lipinski definition) is 2. The third kappa shape index (κ3) is 6.74. The van der Waals surface area contributed by atoms with Crippen molar-refractivity contribution in [2.24, 2.45) is 0 Å². The monoisotopic (exact) mass is 616 g/mol. The maximum Gasteiger partial charge on any atom is 0.198 e. The number of phenols is 2. The molecule has 0 amide bonds. The van der Waals surface area contributed by atoms with E-state index >= 15 is 0 Å². The summed E-state index contributed by atoms with van der Waals surface area (Å²) in [5.74, 6) is -3.77. The van der Waals surface area contributed by atoms with Gasteiger partial charge in [-0.05, 0) is 12.1 Å². The SMILES string of the molecule is CC[O-].CC[O-].O=C1c2ccccc2C(=O)c2c(O)ccc([O-])c21.O=C1c2ccccc2C(=O)c2c(O)ccc([O-])c21.[Ti]. The molecule has 11 heteroatoms. The molecule has 4 aromatic carbocycles. The predicted octanol–water partition coefficient (Wildman–Crippen LogP) is 1.21. The van der Waals surface area contributed by atoms with E-state index in [0.29, 0.717) is 0 Å². The number of carbonyl (C=O) groups excluding carboxylic acids is 4. The minimum atomic E-state index is -0.546. The Morgan fingerprint density at radius 2 is 0.721 bits per heavy atom. The molecule has 0 atom stereocenters. The summed E-state index contributed by atoms with van der Waals surface area (Å²) in [6, 6.07) is 17.0.